The number of rotatable bonds is 6. The molecule has 0 bridgehead atoms. The summed E-state index contributed by atoms with van der Waals surface area (Å²) in [7, 11) is -3.44. The van der Waals surface area contributed by atoms with Crippen molar-refractivity contribution in [1.29, 1.82) is 0 Å². The van der Waals surface area contributed by atoms with Crippen LogP contribution < -0.4 is 5.32 Å². The van der Waals surface area contributed by atoms with Crippen molar-refractivity contribution in [3.05, 3.63) is 18.3 Å². The van der Waals surface area contributed by atoms with Crippen molar-refractivity contribution in [2.24, 2.45) is 0 Å². The Morgan fingerprint density at radius 3 is 2.67 bits per heavy atom. The van der Waals surface area contributed by atoms with Crippen LogP contribution in [0.3, 0.4) is 0 Å². The molecule has 2 rings (SSSR count). The van der Waals surface area contributed by atoms with Gasteiger partial charge in [-0.3, -0.25) is 0 Å². The molecule has 21 heavy (non-hydrogen) atoms. The fraction of sp³-hybridized carbons (Fsp3) is 0.667. The van der Waals surface area contributed by atoms with Gasteiger partial charge in [0.15, 0.2) is 0 Å². The minimum absolute atomic E-state index is 0.0674. The van der Waals surface area contributed by atoms with Crippen molar-refractivity contribution in [3.63, 3.8) is 0 Å². The fourth-order valence-electron chi connectivity index (χ4n) is 2.88. The van der Waals surface area contributed by atoms with E-state index in [1.165, 1.54) is 6.20 Å². The molecule has 118 valence electrons. The summed E-state index contributed by atoms with van der Waals surface area (Å²) in [5.41, 5.74) is 0. The molecular formula is C15H25N3O2S. The number of aromatic nitrogens is 1. The van der Waals surface area contributed by atoms with Gasteiger partial charge in [-0.2, -0.15) is 4.31 Å². The van der Waals surface area contributed by atoms with Crippen LogP contribution in [0.25, 0.3) is 0 Å². The largest absolute Gasteiger partial charge is 0.370 e. The SMILES string of the molecule is CCCNc1ccc(S(=O)(=O)N2C(C)CCC2CC)cn1. The molecule has 6 heteroatoms. The maximum absolute atomic E-state index is 12.8. The summed E-state index contributed by atoms with van der Waals surface area (Å²) < 4.78 is 27.3. The van der Waals surface area contributed by atoms with Gasteiger partial charge >= 0.3 is 0 Å². The van der Waals surface area contributed by atoms with Gasteiger partial charge in [0.05, 0.1) is 0 Å². The molecule has 1 fully saturated rings. The first-order chi connectivity index (χ1) is 10.0. The van der Waals surface area contributed by atoms with E-state index in [4.69, 9.17) is 0 Å². The monoisotopic (exact) mass is 311 g/mol. The second-order valence-electron chi connectivity index (χ2n) is 5.63. The van der Waals surface area contributed by atoms with E-state index in [-0.39, 0.29) is 17.0 Å². The molecule has 2 heterocycles. The van der Waals surface area contributed by atoms with Crippen molar-refractivity contribution < 1.29 is 8.42 Å². The average Bonchev–Trinajstić information content (AvgIpc) is 2.87. The topological polar surface area (TPSA) is 62.3 Å². The number of nitrogens with zero attached hydrogens (tertiary/aromatic N) is 2. The summed E-state index contributed by atoms with van der Waals surface area (Å²) in [5, 5.41) is 3.15. The van der Waals surface area contributed by atoms with E-state index in [9.17, 15) is 8.42 Å². The van der Waals surface area contributed by atoms with Crippen molar-refractivity contribution in [3.8, 4) is 0 Å². The molecule has 1 aromatic rings. The first-order valence-corrected chi connectivity index (χ1v) is 9.18. The van der Waals surface area contributed by atoms with Gasteiger partial charge in [0, 0.05) is 24.8 Å². The van der Waals surface area contributed by atoms with Crippen LogP contribution in [0.2, 0.25) is 0 Å². The second-order valence-corrected chi connectivity index (χ2v) is 7.47. The molecule has 0 aliphatic carbocycles. The van der Waals surface area contributed by atoms with E-state index in [0.29, 0.717) is 0 Å². The van der Waals surface area contributed by atoms with E-state index in [2.05, 4.69) is 17.2 Å². The highest BCUT2D eigenvalue weighted by molar-refractivity contribution is 7.89. The third-order valence-corrected chi connectivity index (χ3v) is 6.10. The van der Waals surface area contributed by atoms with Gasteiger partial charge in [0.25, 0.3) is 0 Å². The summed E-state index contributed by atoms with van der Waals surface area (Å²) in [4.78, 5) is 4.50. The minimum atomic E-state index is -3.44. The molecule has 5 nitrogen and oxygen atoms in total. The van der Waals surface area contributed by atoms with Gasteiger partial charge in [-0.25, -0.2) is 13.4 Å². The first-order valence-electron chi connectivity index (χ1n) is 7.74. The van der Waals surface area contributed by atoms with Crippen molar-refractivity contribution >= 4 is 15.8 Å². The lowest BCUT2D eigenvalue weighted by Crippen LogP contribution is -2.39. The predicted molar refractivity (Wildman–Crippen MR) is 84.8 cm³/mol. The van der Waals surface area contributed by atoms with Crippen LogP contribution in [0.4, 0.5) is 5.82 Å². The molecule has 2 unspecified atom stereocenters. The molecule has 0 amide bonds. The van der Waals surface area contributed by atoms with Crippen LogP contribution in [0.1, 0.15) is 46.5 Å². The molecule has 1 aliphatic rings. The summed E-state index contributed by atoms with van der Waals surface area (Å²) in [6.07, 6.45) is 5.20. The van der Waals surface area contributed by atoms with Crippen LogP contribution >= 0.6 is 0 Å². The standard InChI is InChI=1S/C15H25N3O2S/c1-4-10-16-15-9-8-14(11-17-15)21(19,20)18-12(3)6-7-13(18)5-2/h8-9,11-13H,4-7,10H2,1-3H3,(H,16,17). The highest BCUT2D eigenvalue weighted by Gasteiger charge is 2.39. The number of hydrogen-bond donors (Lipinski definition) is 1. The van der Waals surface area contributed by atoms with Crippen LogP contribution in [0, 0.1) is 0 Å². The second kappa shape index (κ2) is 6.75. The Balaban J connectivity index is 2.22. The van der Waals surface area contributed by atoms with E-state index in [1.54, 1.807) is 16.4 Å². The summed E-state index contributed by atoms with van der Waals surface area (Å²) >= 11 is 0. The summed E-state index contributed by atoms with van der Waals surface area (Å²) in [6.45, 7) is 6.94. The van der Waals surface area contributed by atoms with Crippen molar-refractivity contribution in [1.82, 2.24) is 9.29 Å². The Labute approximate surface area is 127 Å². The third-order valence-electron chi connectivity index (χ3n) is 4.05. The Morgan fingerprint density at radius 2 is 2.10 bits per heavy atom. The highest BCUT2D eigenvalue weighted by Crippen LogP contribution is 2.32. The molecule has 0 radical (unpaired) electrons. The van der Waals surface area contributed by atoms with E-state index in [1.807, 2.05) is 13.8 Å². The highest BCUT2D eigenvalue weighted by atomic mass is 32.2. The maximum Gasteiger partial charge on any atom is 0.245 e. The molecule has 0 aromatic carbocycles. The Hall–Kier alpha value is -1.14. The molecule has 1 N–H and O–H groups in total. The van der Waals surface area contributed by atoms with Gasteiger partial charge in [0.2, 0.25) is 10.0 Å². The van der Waals surface area contributed by atoms with Gasteiger partial charge in [-0.05, 0) is 44.7 Å². The van der Waals surface area contributed by atoms with Crippen LogP contribution in [-0.2, 0) is 10.0 Å². The Kier molecular flexibility index (Phi) is 5.22. The number of hydrogen-bond acceptors (Lipinski definition) is 4. The van der Waals surface area contributed by atoms with Crippen molar-refractivity contribution in [2.45, 2.75) is 63.4 Å². The predicted octanol–water partition coefficient (Wildman–Crippen LogP) is 2.86. The number of anilines is 1. The Morgan fingerprint density at radius 1 is 1.33 bits per heavy atom. The Bertz CT molecular complexity index is 557. The lowest BCUT2D eigenvalue weighted by molar-refractivity contribution is 0.328. The van der Waals surface area contributed by atoms with Gasteiger partial charge in [-0.15, -0.1) is 0 Å². The van der Waals surface area contributed by atoms with Crippen LogP contribution in [0.15, 0.2) is 23.2 Å². The molecule has 1 aromatic heterocycles. The smallest absolute Gasteiger partial charge is 0.245 e. The number of sulfonamides is 1. The summed E-state index contributed by atoms with van der Waals surface area (Å²) in [6, 6.07) is 3.57. The number of nitrogens with one attached hydrogen (secondary N) is 1. The lowest BCUT2D eigenvalue weighted by Gasteiger charge is -2.26. The molecule has 0 saturated carbocycles. The lowest BCUT2D eigenvalue weighted by atomic mass is 10.2. The molecule has 0 spiro atoms. The zero-order chi connectivity index (χ0) is 15.5. The van der Waals surface area contributed by atoms with Crippen LogP contribution in [0.5, 0.6) is 0 Å². The normalized spacial score (nSPS) is 23.4. The first kappa shape index (κ1) is 16.2. The maximum atomic E-state index is 12.8. The third kappa shape index (κ3) is 3.37. The van der Waals surface area contributed by atoms with Gasteiger partial charge in [-0.1, -0.05) is 13.8 Å². The molecular weight excluding hydrogens is 286 g/mol. The zero-order valence-corrected chi connectivity index (χ0v) is 13.9. The fourth-order valence-corrected chi connectivity index (χ4v) is 4.77. The minimum Gasteiger partial charge on any atom is -0.370 e. The van der Waals surface area contributed by atoms with E-state index in [0.717, 1.165) is 38.0 Å². The molecule has 1 aliphatic heterocycles. The zero-order valence-electron chi connectivity index (χ0n) is 13.0. The quantitative estimate of drug-likeness (QED) is 0.877. The van der Waals surface area contributed by atoms with Crippen LogP contribution in [-0.4, -0.2) is 36.3 Å². The van der Waals surface area contributed by atoms with Gasteiger partial charge in [0.1, 0.15) is 10.7 Å². The van der Waals surface area contributed by atoms with Crippen molar-refractivity contribution in [2.75, 3.05) is 11.9 Å². The van der Waals surface area contributed by atoms with Gasteiger partial charge < -0.3 is 5.32 Å². The molecule has 2 atom stereocenters. The number of pyridine rings is 1. The van der Waals surface area contributed by atoms with E-state index < -0.39 is 10.0 Å². The summed E-state index contributed by atoms with van der Waals surface area (Å²) in [5.74, 6) is 0.720. The average molecular weight is 311 g/mol. The van der Waals surface area contributed by atoms with E-state index >= 15 is 0 Å². The molecule has 1 saturated heterocycles.